The van der Waals surface area contributed by atoms with Gasteiger partial charge in [0.1, 0.15) is 6.10 Å². The minimum Gasteiger partial charge on any atom is -0.362 e. The van der Waals surface area contributed by atoms with Crippen LogP contribution in [0.15, 0.2) is 30.3 Å². The molecule has 0 bridgehead atoms. The van der Waals surface area contributed by atoms with E-state index in [0.29, 0.717) is 6.54 Å². The summed E-state index contributed by atoms with van der Waals surface area (Å²) in [6.45, 7) is 2.57. The fraction of sp³-hybridized carbons (Fsp3) is 0.562. The van der Waals surface area contributed by atoms with Gasteiger partial charge in [-0.25, -0.2) is 0 Å². The number of carbonyl (C=O) groups excluding carboxylic acids is 1. The van der Waals surface area contributed by atoms with Crippen molar-refractivity contribution in [1.29, 1.82) is 0 Å². The topological polar surface area (TPSA) is 50.4 Å². The van der Waals surface area contributed by atoms with Crippen molar-refractivity contribution in [3.8, 4) is 0 Å². The molecule has 1 aromatic carbocycles. The largest absolute Gasteiger partial charge is 0.362 e. The Kier molecular flexibility index (Phi) is 5.62. The summed E-state index contributed by atoms with van der Waals surface area (Å²) < 4.78 is 6.09. The van der Waals surface area contributed by atoms with E-state index in [4.69, 9.17) is 4.74 Å². The Morgan fingerprint density at radius 1 is 1.24 bits per heavy atom. The standard InChI is InChI=1S/C16H22N2O2.ClH/c19-15(18-12-13-4-2-1-3-5-13)14-6-7-16(20-14)8-10-17-11-9-16;/h1-5,14,17H,6-12H2,(H,18,19);1H. The summed E-state index contributed by atoms with van der Waals surface area (Å²) in [7, 11) is 0. The van der Waals surface area contributed by atoms with Crippen molar-refractivity contribution in [3.05, 3.63) is 35.9 Å². The van der Waals surface area contributed by atoms with Gasteiger partial charge in [0.15, 0.2) is 0 Å². The molecule has 0 radical (unpaired) electrons. The van der Waals surface area contributed by atoms with Crippen LogP contribution in [0, 0.1) is 0 Å². The number of hydrogen-bond donors (Lipinski definition) is 2. The van der Waals surface area contributed by atoms with Crippen molar-refractivity contribution in [2.45, 2.75) is 43.9 Å². The molecule has 2 N–H and O–H groups in total. The Bertz CT molecular complexity index is 461. The highest BCUT2D eigenvalue weighted by Crippen LogP contribution is 2.37. The minimum absolute atomic E-state index is 0. The first-order valence-electron chi connectivity index (χ1n) is 7.48. The van der Waals surface area contributed by atoms with E-state index in [0.717, 1.165) is 44.3 Å². The molecule has 3 rings (SSSR count). The Morgan fingerprint density at radius 3 is 2.67 bits per heavy atom. The smallest absolute Gasteiger partial charge is 0.249 e. The van der Waals surface area contributed by atoms with E-state index in [1.54, 1.807) is 0 Å². The fourth-order valence-electron chi connectivity index (χ4n) is 3.15. The van der Waals surface area contributed by atoms with Crippen molar-refractivity contribution in [1.82, 2.24) is 10.6 Å². The molecule has 2 saturated heterocycles. The average molecular weight is 311 g/mol. The van der Waals surface area contributed by atoms with Crippen LogP contribution in [-0.4, -0.2) is 30.7 Å². The molecular weight excluding hydrogens is 288 g/mol. The van der Waals surface area contributed by atoms with Crippen LogP contribution >= 0.6 is 12.4 Å². The van der Waals surface area contributed by atoms with Crippen LogP contribution in [0.5, 0.6) is 0 Å². The number of amides is 1. The number of rotatable bonds is 3. The zero-order valence-electron chi connectivity index (χ0n) is 12.1. The van der Waals surface area contributed by atoms with E-state index in [1.807, 2.05) is 30.3 Å². The molecule has 1 atom stereocenters. The first-order valence-corrected chi connectivity index (χ1v) is 7.48. The highest BCUT2D eigenvalue weighted by Gasteiger charge is 2.43. The zero-order valence-corrected chi connectivity index (χ0v) is 13.0. The third-order valence-electron chi connectivity index (χ3n) is 4.37. The Hall–Kier alpha value is -1.10. The summed E-state index contributed by atoms with van der Waals surface area (Å²) in [5, 5.41) is 6.33. The second-order valence-electron chi connectivity index (χ2n) is 5.78. The van der Waals surface area contributed by atoms with E-state index in [1.165, 1.54) is 0 Å². The number of piperidine rings is 1. The van der Waals surface area contributed by atoms with E-state index < -0.39 is 0 Å². The van der Waals surface area contributed by atoms with Crippen molar-refractivity contribution in [2.75, 3.05) is 13.1 Å². The molecule has 2 aliphatic heterocycles. The lowest BCUT2D eigenvalue weighted by Crippen LogP contribution is -2.43. The van der Waals surface area contributed by atoms with E-state index in [2.05, 4.69) is 10.6 Å². The molecule has 2 heterocycles. The third-order valence-corrected chi connectivity index (χ3v) is 4.37. The lowest BCUT2D eigenvalue weighted by atomic mass is 9.89. The lowest BCUT2D eigenvalue weighted by molar-refractivity contribution is -0.139. The average Bonchev–Trinajstić information content (AvgIpc) is 2.90. The molecule has 2 aliphatic rings. The van der Waals surface area contributed by atoms with Crippen LogP contribution in [0.1, 0.15) is 31.2 Å². The van der Waals surface area contributed by atoms with Crippen molar-refractivity contribution in [3.63, 3.8) is 0 Å². The molecule has 1 unspecified atom stereocenters. The normalized spacial score (nSPS) is 23.5. The summed E-state index contributed by atoms with van der Waals surface area (Å²) in [6.07, 6.45) is 3.64. The number of nitrogens with one attached hydrogen (secondary N) is 2. The first-order chi connectivity index (χ1) is 9.77. The van der Waals surface area contributed by atoms with Crippen LogP contribution in [-0.2, 0) is 16.1 Å². The fourth-order valence-corrected chi connectivity index (χ4v) is 3.15. The van der Waals surface area contributed by atoms with E-state index in [9.17, 15) is 4.79 Å². The van der Waals surface area contributed by atoms with Gasteiger partial charge in [-0.2, -0.15) is 0 Å². The van der Waals surface area contributed by atoms with Crippen molar-refractivity contribution in [2.24, 2.45) is 0 Å². The molecule has 0 aliphatic carbocycles. The maximum Gasteiger partial charge on any atom is 0.249 e. The van der Waals surface area contributed by atoms with Gasteiger partial charge in [0, 0.05) is 6.54 Å². The summed E-state index contributed by atoms with van der Waals surface area (Å²) in [6, 6.07) is 9.98. The highest BCUT2D eigenvalue weighted by atomic mass is 35.5. The van der Waals surface area contributed by atoms with Gasteiger partial charge < -0.3 is 15.4 Å². The second-order valence-corrected chi connectivity index (χ2v) is 5.78. The second kappa shape index (κ2) is 7.25. The van der Waals surface area contributed by atoms with Crippen LogP contribution < -0.4 is 10.6 Å². The SMILES string of the molecule is Cl.O=C(NCc1ccccc1)C1CCC2(CCNCC2)O1. The highest BCUT2D eigenvalue weighted by molar-refractivity contribution is 5.85. The van der Waals surface area contributed by atoms with Gasteiger partial charge in [0.2, 0.25) is 5.91 Å². The molecule has 1 aromatic rings. The predicted octanol–water partition coefficient (Wildman–Crippen LogP) is 2.03. The summed E-state index contributed by atoms with van der Waals surface area (Å²) in [5.41, 5.74) is 1.08. The van der Waals surface area contributed by atoms with Crippen LogP contribution in [0.2, 0.25) is 0 Å². The van der Waals surface area contributed by atoms with Crippen LogP contribution in [0.3, 0.4) is 0 Å². The van der Waals surface area contributed by atoms with Crippen molar-refractivity contribution < 1.29 is 9.53 Å². The number of carbonyl (C=O) groups is 1. The molecule has 2 fully saturated rings. The molecule has 1 spiro atoms. The van der Waals surface area contributed by atoms with E-state index >= 15 is 0 Å². The number of benzene rings is 1. The molecule has 21 heavy (non-hydrogen) atoms. The van der Waals surface area contributed by atoms with Crippen LogP contribution in [0.25, 0.3) is 0 Å². The number of halogens is 1. The molecule has 5 heteroatoms. The van der Waals surface area contributed by atoms with Crippen molar-refractivity contribution >= 4 is 18.3 Å². The summed E-state index contributed by atoms with van der Waals surface area (Å²) >= 11 is 0. The Morgan fingerprint density at radius 2 is 1.95 bits per heavy atom. The molecule has 116 valence electrons. The first kappa shape index (κ1) is 16.3. The van der Waals surface area contributed by atoms with Gasteiger partial charge in [0.25, 0.3) is 0 Å². The Balaban J connectivity index is 0.00000161. The molecule has 0 saturated carbocycles. The minimum atomic E-state index is -0.267. The van der Waals surface area contributed by atoms with E-state index in [-0.39, 0.29) is 30.0 Å². The quantitative estimate of drug-likeness (QED) is 0.898. The van der Waals surface area contributed by atoms with Gasteiger partial charge in [-0.1, -0.05) is 30.3 Å². The third kappa shape index (κ3) is 3.96. The molecule has 1 amide bonds. The number of hydrogen-bond acceptors (Lipinski definition) is 3. The summed E-state index contributed by atoms with van der Waals surface area (Å²) in [4.78, 5) is 12.2. The van der Waals surface area contributed by atoms with Gasteiger partial charge in [0.05, 0.1) is 5.60 Å². The summed E-state index contributed by atoms with van der Waals surface area (Å²) in [5.74, 6) is 0.0317. The zero-order chi connectivity index (χ0) is 13.8. The van der Waals surface area contributed by atoms with Gasteiger partial charge in [-0.3, -0.25) is 4.79 Å². The van der Waals surface area contributed by atoms with Crippen LogP contribution in [0.4, 0.5) is 0 Å². The monoisotopic (exact) mass is 310 g/mol. The molecular formula is C16H23ClN2O2. The maximum atomic E-state index is 12.2. The van der Waals surface area contributed by atoms with Gasteiger partial charge >= 0.3 is 0 Å². The Labute approximate surface area is 132 Å². The number of ether oxygens (including phenoxy) is 1. The molecule has 0 aromatic heterocycles. The lowest BCUT2D eigenvalue weighted by Gasteiger charge is -2.33. The van der Waals surface area contributed by atoms with Gasteiger partial charge in [-0.15, -0.1) is 12.4 Å². The predicted molar refractivity (Wildman–Crippen MR) is 84.5 cm³/mol. The van der Waals surface area contributed by atoms with Gasteiger partial charge in [-0.05, 0) is 44.3 Å². The maximum absolute atomic E-state index is 12.2. The molecule has 4 nitrogen and oxygen atoms in total.